The van der Waals surface area contributed by atoms with E-state index in [0.717, 1.165) is 80.6 Å². The Labute approximate surface area is 371 Å². The molecule has 0 aromatic rings. The molecule has 0 aromatic heterocycles. The van der Waals surface area contributed by atoms with Crippen molar-refractivity contribution < 1.29 is 19.1 Å². The van der Waals surface area contributed by atoms with Crippen molar-refractivity contribution in [2.24, 2.45) is 46.3 Å². The summed E-state index contributed by atoms with van der Waals surface area (Å²) in [6, 6.07) is 0. The monoisotopic (exact) mass is 834 g/mol. The second-order valence-corrected chi connectivity index (χ2v) is 21.6. The Morgan fingerprint density at radius 2 is 1.42 bits per heavy atom. The van der Waals surface area contributed by atoms with Crippen molar-refractivity contribution in [2.45, 2.75) is 234 Å². The van der Waals surface area contributed by atoms with Crippen molar-refractivity contribution in [1.82, 2.24) is 4.90 Å². The summed E-state index contributed by atoms with van der Waals surface area (Å²) >= 11 is 0. The molecule has 0 aliphatic heterocycles. The molecule has 0 bridgehead atoms. The van der Waals surface area contributed by atoms with Crippen molar-refractivity contribution in [1.29, 1.82) is 0 Å². The molecule has 0 heterocycles. The molecular weight excluding hydrogens is 739 g/mol. The van der Waals surface area contributed by atoms with E-state index >= 15 is 0 Å². The van der Waals surface area contributed by atoms with E-state index in [-0.39, 0.29) is 42.4 Å². The van der Waals surface area contributed by atoms with Crippen LogP contribution in [0, 0.1) is 46.3 Å². The molecule has 3 saturated carbocycles. The van der Waals surface area contributed by atoms with Crippen LogP contribution in [0.15, 0.2) is 36.0 Å². The second kappa shape index (κ2) is 26.7. The molecule has 0 radical (unpaired) electrons. The molecule has 4 aliphatic carbocycles. The largest absolute Gasteiger partial charge is 0.462 e. The van der Waals surface area contributed by atoms with Gasteiger partial charge in [0.15, 0.2) is 0 Å². The SMILES string of the molecule is CCCCCC=CCC=CCCCCCCCCCCC(CN(C)C)OC(=O)CCC(=O)O[C@H]1CC[C@@]2(C)C(=CCC3C2CC[C@@]2(C)C3CC[C@@H]2[C@H](C)CCCC(C)C)C1. The zero-order valence-corrected chi connectivity index (χ0v) is 40.6. The molecule has 60 heavy (non-hydrogen) atoms. The van der Waals surface area contributed by atoms with Crippen molar-refractivity contribution >= 4 is 11.9 Å². The van der Waals surface area contributed by atoms with Crippen LogP contribution in [0.1, 0.15) is 221 Å². The summed E-state index contributed by atoms with van der Waals surface area (Å²) in [4.78, 5) is 28.1. The fourth-order valence-electron chi connectivity index (χ4n) is 12.8. The van der Waals surface area contributed by atoms with Crippen LogP contribution < -0.4 is 0 Å². The number of nitrogens with zero attached hydrogens (tertiary/aromatic N) is 1. The van der Waals surface area contributed by atoms with Gasteiger partial charge in [-0.05, 0) is 150 Å². The van der Waals surface area contributed by atoms with Gasteiger partial charge in [0.1, 0.15) is 12.2 Å². The first-order chi connectivity index (χ1) is 28.9. The van der Waals surface area contributed by atoms with E-state index in [1.807, 2.05) is 14.1 Å². The molecule has 0 spiro atoms. The minimum atomic E-state index is -0.270. The summed E-state index contributed by atoms with van der Waals surface area (Å²) < 4.78 is 12.0. The van der Waals surface area contributed by atoms with Gasteiger partial charge < -0.3 is 14.4 Å². The van der Waals surface area contributed by atoms with Gasteiger partial charge in [-0.3, -0.25) is 9.59 Å². The minimum Gasteiger partial charge on any atom is -0.462 e. The molecule has 0 N–H and O–H groups in total. The summed E-state index contributed by atoms with van der Waals surface area (Å²) in [5, 5.41) is 0. The first-order valence-electron chi connectivity index (χ1n) is 25.9. The summed E-state index contributed by atoms with van der Waals surface area (Å²) in [5.41, 5.74) is 2.29. The first-order valence-corrected chi connectivity index (χ1v) is 25.9. The second-order valence-electron chi connectivity index (χ2n) is 21.6. The Morgan fingerprint density at radius 1 is 0.750 bits per heavy atom. The quantitative estimate of drug-likeness (QED) is 0.0427. The van der Waals surface area contributed by atoms with Crippen LogP contribution in [0.5, 0.6) is 0 Å². The summed E-state index contributed by atoms with van der Waals surface area (Å²) in [6.07, 6.45) is 44.2. The number of carbonyl (C=O) groups is 2. The van der Waals surface area contributed by atoms with Gasteiger partial charge in [-0.1, -0.05) is 148 Å². The Morgan fingerprint density at radius 3 is 2.10 bits per heavy atom. The maximum Gasteiger partial charge on any atom is 0.306 e. The van der Waals surface area contributed by atoms with Crippen molar-refractivity contribution in [2.75, 3.05) is 20.6 Å². The average molecular weight is 834 g/mol. The number of hydrogen-bond acceptors (Lipinski definition) is 5. The summed E-state index contributed by atoms with van der Waals surface area (Å²) in [5.74, 6) is 4.45. The Hall–Kier alpha value is -1.88. The fourth-order valence-corrected chi connectivity index (χ4v) is 12.8. The third-order valence-electron chi connectivity index (χ3n) is 16.2. The Bertz CT molecular complexity index is 1330. The fraction of sp³-hybridized carbons (Fsp3) is 0.855. The van der Waals surface area contributed by atoms with Crippen LogP contribution in [0.2, 0.25) is 0 Å². The minimum absolute atomic E-state index is 0.0677. The maximum atomic E-state index is 13.1. The van der Waals surface area contributed by atoms with E-state index in [9.17, 15) is 9.59 Å². The Balaban J connectivity index is 1.09. The van der Waals surface area contributed by atoms with Crippen LogP contribution in [-0.4, -0.2) is 49.7 Å². The first kappa shape index (κ1) is 50.8. The molecule has 3 fully saturated rings. The van der Waals surface area contributed by atoms with Crippen LogP contribution >= 0.6 is 0 Å². The van der Waals surface area contributed by atoms with Gasteiger partial charge in [0.05, 0.1) is 12.8 Å². The van der Waals surface area contributed by atoms with Gasteiger partial charge in [-0.15, -0.1) is 0 Å². The summed E-state index contributed by atoms with van der Waals surface area (Å²) in [6.45, 7) is 15.5. The number of esters is 2. The average Bonchev–Trinajstić information content (AvgIpc) is 3.56. The van der Waals surface area contributed by atoms with Crippen LogP contribution in [0.3, 0.4) is 0 Å². The number of fused-ring (bicyclic) bond motifs is 5. The van der Waals surface area contributed by atoms with Gasteiger partial charge in [0.25, 0.3) is 0 Å². The third kappa shape index (κ3) is 16.0. The van der Waals surface area contributed by atoms with Gasteiger partial charge in [-0.25, -0.2) is 0 Å². The number of carbonyl (C=O) groups excluding carboxylic acids is 2. The third-order valence-corrected chi connectivity index (χ3v) is 16.2. The van der Waals surface area contributed by atoms with Crippen LogP contribution in [0.25, 0.3) is 0 Å². The summed E-state index contributed by atoms with van der Waals surface area (Å²) in [7, 11) is 4.06. The number of hydrogen-bond donors (Lipinski definition) is 0. The number of ether oxygens (including phenoxy) is 2. The molecule has 4 unspecified atom stereocenters. The highest BCUT2D eigenvalue weighted by molar-refractivity contribution is 5.77. The van der Waals surface area contributed by atoms with E-state index in [4.69, 9.17) is 9.47 Å². The normalized spacial score (nSPS) is 28.8. The topological polar surface area (TPSA) is 55.8 Å². The van der Waals surface area contributed by atoms with Crippen LogP contribution in [0.4, 0.5) is 0 Å². The highest BCUT2D eigenvalue weighted by atomic mass is 16.6. The lowest BCUT2D eigenvalue weighted by atomic mass is 9.47. The lowest BCUT2D eigenvalue weighted by Crippen LogP contribution is -2.51. The molecule has 9 atom stereocenters. The van der Waals surface area contributed by atoms with Gasteiger partial charge in [0.2, 0.25) is 0 Å². The van der Waals surface area contributed by atoms with E-state index in [1.165, 1.54) is 128 Å². The number of rotatable bonds is 29. The number of likely N-dealkylation sites (N-methyl/N-ethyl adjacent to an activating group) is 1. The highest BCUT2D eigenvalue weighted by Crippen LogP contribution is 2.67. The lowest BCUT2D eigenvalue weighted by Gasteiger charge is -2.58. The van der Waals surface area contributed by atoms with E-state index in [0.29, 0.717) is 5.41 Å². The molecule has 0 saturated heterocycles. The van der Waals surface area contributed by atoms with Crippen molar-refractivity contribution in [3.63, 3.8) is 0 Å². The zero-order valence-electron chi connectivity index (χ0n) is 40.6. The van der Waals surface area contributed by atoms with E-state index in [2.05, 4.69) is 76.8 Å². The molecule has 5 heteroatoms. The molecule has 0 aromatic carbocycles. The predicted octanol–water partition coefficient (Wildman–Crippen LogP) is 15.2. The predicted molar refractivity (Wildman–Crippen MR) is 254 cm³/mol. The lowest BCUT2D eigenvalue weighted by molar-refractivity contribution is -0.157. The Kier molecular flexibility index (Phi) is 22.6. The molecule has 4 aliphatic rings. The van der Waals surface area contributed by atoms with Gasteiger partial charge in [0, 0.05) is 13.0 Å². The highest BCUT2D eigenvalue weighted by Gasteiger charge is 2.59. The van der Waals surface area contributed by atoms with Crippen LogP contribution in [-0.2, 0) is 19.1 Å². The van der Waals surface area contributed by atoms with Gasteiger partial charge >= 0.3 is 11.9 Å². The van der Waals surface area contributed by atoms with Crippen molar-refractivity contribution in [3.05, 3.63) is 36.0 Å². The number of allylic oxidation sites excluding steroid dienone is 5. The van der Waals surface area contributed by atoms with E-state index in [1.54, 1.807) is 5.57 Å². The molecule has 4 rings (SSSR count). The molecule has 344 valence electrons. The van der Waals surface area contributed by atoms with Crippen molar-refractivity contribution in [3.8, 4) is 0 Å². The maximum absolute atomic E-state index is 13.1. The standard InChI is InChI=1S/C55H95NO4/c1-9-10-11-12-13-14-15-16-17-18-19-20-21-22-23-24-25-26-30-47(42-56(7)8)60-53(58)36-35-52(57)59-46-37-39-54(5)45(41-46)31-32-48-50-34-33-49(44(4)29-27-28-43(2)3)55(50,6)40-38-51(48)54/h13-14,16-17,31,43-44,46-51H,9-12,15,18-30,32-42H2,1-8H3/t44-,46+,47?,48?,49-,50?,51?,54+,55-/m1/s1. The molecule has 0 amide bonds. The van der Waals surface area contributed by atoms with Gasteiger partial charge in [-0.2, -0.15) is 0 Å². The van der Waals surface area contributed by atoms with E-state index < -0.39 is 0 Å². The smallest absolute Gasteiger partial charge is 0.306 e. The zero-order chi connectivity index (χ0) is 43.4. The molecule has 5 nitrogen and oxygen atoms in total. The number of unbranched alkanes of at least 4 members (excludes halogenated alkanes) is 11. The molecular formula is C55H95NO4.